The third kappa shape index (κ3) is 1.46. The van der Waals surface area contributed by atoms with Crippen LogP contribution in [-0.2, 0) is 10.4 Å². The number of hydrogen-bond acceptors (Lipinski definition) is 3. The molecule has 0 aliphatic carbocycles. The first-order valence-corrected chi connectivity index (χ1v) is 4.60. The summed E-state index contributed by atoms with van der Waals surface area (Å²) in [5, 5.41) is 11.6. The Morgan fingerprint density at radius 2 is 2.06 bits per heavy atom. The molecule has 1 amide bonds. The summed E-state index contributed by atoms with van der Waals surface area (Å²) >= 11 is 0. The molecule has 4 nitrogen and oxygen atoms in total. The summed E-state index contributed by atoms with van der Waals surface area (Å²) in [6.07, 6.45) is -5.09. The molecule has 1 atom stereocenters. The number of rotatable bonds is 1. The van der Waals surface area contributed by atoms with Crippen molar-refractivity contribution in [2.75, 3.05) is 12.4 Å². The molecule has 2 N–H and O–H groups in total. The topological polar surface area (TPSA) is 58.6 Å². The Labute approximate surface area is 94.0 Å². The van der Waals surface area contributed by atoms with Gasteiger partial charge in [0.15, 0.2) is 0 Å². The highest BCUT2D eigenvalue weighted by Gasteiger charge is 2.64. The lowest BCUT2D eigenvalue weighted by atomic mass is 9.94. The normalized spacial score (nSPS) is 23.2. The van der Waals surface area contributed by atoms with Gasteiger partial charge in [0.05, 0.1) is 7.11 Å². The molecule has 0 saturated carbocycles. The second-order valence-electron chi connectivity index (χ2n) is 3.57. The predicted molar refractivity (Wildman–Crippen MR) is 51.6 cm³/mol. The van der Waals surface area contributed by atoms with Gasteiger partial charge in [-0.05, 0) is 18.2 Å². The number of benzene rings is 1. The van der Waals surface area contributed by atoms with Crippen molar-refractivity contribution in [2.24, 2.45) is 0 Å². The zero-order chi connectivity index (χ0) is 12.8. The third-order valence-electron chi connectivity index (χ3n) is 2.60. The molecular formula is C10H8F3NO3. The number of carbonyl (C=O) groups is 1. The number of alkyl halides is 3. The van der Waals surface area contributed by atoms with E-state index >= 15 is 0 Å². The largest absolute Gasteiger partial charge is 0.497 e. The van der Waals surface area contributed by atoms with E-state index in [2.05, 4.69) is 0 Å². The number of anilines is 1. The summed E-state index contributed by atoms with van der Waals surface area (Å²) in [5.41, 5.74) is -4.14. The number of amides is 1. The number of aliphatic hydroxyl groups is 1. The summed E-state index contributed by atoms with van der Waals surface area (Å²) < 4.78 is 43.0. The monoisotopic (exact) mass is 247 g/mol. The van der Waals surface area contributed by atoms with Crippen LogP contribution >= 0.6 is 0 Å². The van der Waals surface area contributed by atoms with Gasteiger partial charge in [-0.25, -0.2) is 0 Å². The van der Waals surface area contributed by atoms with E-state index in [9.17, 15) is 23.1 Å². The van der Waals surface area contributed by atoms with E-state index in [1.165, 1.54) is 19.2 Å². The van der Waals surface area contributed by atoms with Crippen LogP contribution < -0.4 is 10.1 Å². The van der Waals surface area contributed by atoms with Crippen molar-refractivity contribution in [3.05, 3.63) is 23.8 Å². The van der Waals surface area contributed by atoms with Crippen molar-refractivity contribution in [2.45, 2.75) is 11.8 Å². The lowest BCUT2D eigenvalue weighted by Gasteiger charge is -2.23. The molecule has 0 aromatic heterocycles. The van der Waals surface area contributed by atoms with Crippen molar-refractivity contribution in [1.82, 2.24) is 0 Å². The number of carbonyl (C=O) groups excluding carboxylic acids is 1. The minimum Gasteiger partial charge on any atom is -0.497 e. The van der Waals surface area contributed by atoms with Crippen LogP contribution in [0.4, 0.5) is 18.9 Å². The molecule has 7 heteroatoms. The predicted octanol–water partition coefficient (Wildman–Crippen LogP) is 1.40. The van der Waals surface area contributed by atoms with E-state index < -0.39 is 23.2 Å². The molecule has 1 heterocycles. The van der Waals surface area contributed by atoms with Crippen LogP contribution in [0.2, 0.25) is 0 Å². The zero-order valence-corrected chi connectivity index (χ0v) is 8.63. The minimum atomic E-state index is -5.09. The first-order valence-electron chi connectivity index (χ1n) is 4.60. The molecule has 0 spiro atoms. The molecule has 0 saturated heterocycles. The number of halogens is 3. The van der Waals surface area contributed by atoms with Crippen LogP contribution in [0.15, 0.2) is 18.2 Å². The molecule has 0 bridgehead atoms. The fourth-order valence-electron chi connectivity index (χ4n) is 1.68. The van der Waals surface area contributed by atoms with E-state index in [4.69, 9.17) is 4.74 Å². The van der Waals surface area contributed by atoms with Crippen LogP contribution in [-0.4, -0.2) is 24.3 Å². The Kier molecular flexibility index (Phi) is 2.32. The molecular weight excluding hydrogens is 239 g/mol. The minimum absolute atomic E-state index is 0.0735. The molecule has 0 unspecified atom stereocenters. The van der Waals surface area contributed by atoms with Gasteiger partial charge in [0.25, 0.3) is 11.5 Å². The maximum Gasteiger partial charge on any atom is 0.430 e. The van der Waals surface area contributed by atoms with Crippen molar-refractivity contribution in [3.63, 3.8) is 0 Å². The molecule has 17 heavy (non-hydrogen) atoms. The molecule has 0 radical (unpaired) electrons. The van der Waals surface area contributed by atoms with Crippen LogP contribution in [0.25, 0.3) is 0 Å². The van der Waals surface area contributed by atoms with Crippen molar-refractivity contribution in [1.29, 1.82) is 0 Å². The number of ether oxygens (including phenoxy) is 1. The Morgan fingerprint density at radius 1 is 1.41 bits per heavy atom. The van der Waals surface area contributed by atoms with Gasteiger partial charge in [-0.15, -0.1) is 0 Å². The van der Waals surface area contributed by atoms with Crippen LogP contribution in [0.5, 0.6) is 5.75 Å². The third-order valence-corrected chi connectivity index (χ3v) is 2.60. The summed E-state index contributed by atoms with van der Waals surface area (Å²) in [5.74, 6) is -1.38. The highest BCUT2D eigenvalue weighted by molar-refractivity contribution is 6.05. The van der Waals surface area contributed by atoms with Crippen LogP contribution in [0.3, 0.4) is 0 Å². The first-order chi connectivity index (χ1) is 7.80. The first kappa shape index (κ1) is 11.7. The van der Waals surface area contributed by atoms with Crippen molar-refractivity contribution >= 4 is 11.6 Å². The summed E-state index contributed by atoms with van der Waals surface area (Å²) in [6.45, 7) is 0. The van der Waals surface area contributed by atoms with Gasteiger partial charge in [0.2, 0.25) is 0 Å². The summed E-state index contributed by atoms with van der Waals surface area (Å²) in [4.78, 5) is 11.3. The standard InChI is InChI=1S/C10H8F3NO3/c1-17-5-2-3-7-6(4-5)9(16,8(15)14-7)10(11,12)13/h2-4,16H,1H3,(H,14,15)/t9-/m1/s1. The smallest absolute Gasteiger partial charge is 0.430 e. The maximum absolute atomic E-state index is 12.8. The molecule has 0 fully saturated rings. The molecule has 1 aromatic carbocycles. The van der Waals surface area contributed by atoms with Gasteiger partial charge in [0, 0.05) is 11.3 Å². The molecule has 2 rings (SSSR count). The number of nitrogens with one attached hydrogen (secondary N) is 1. The fraction of sp³-hybridized carbons (Fsp3) is 0.300. The van der Waals surface area contributed by atoms with Gasteiger partial charge in [-0.2, -0.15) is 13.2 Å². The summed E-state index contributed by atoms with van der Waals surface area (Å²) in [6, 6.07) is 3.62. The Balaban J connectivity index is 2.64. The van der Waals surface area contributed by atoms with E-state index in [1.807, 2.05) is 5.32 Å². The van der Waals surface area contributed by atoms with E-state index in [0.29, 0.717) is 0 Å². The second-order valence-corrected chi connectivity index (χ2v) is 3.57. The van der Waals surface area contributed by atoms with Gasteiger partial charge in [-0.1, -0.05) is 0 Å². The van der Waals surface area contributed by atoms with E-state index in [1.54, 1.807) is 0 Å². The number of methoxy groups -OCH3 is 1. The quantitative estimate of drug-likeness (QED) is 0.788. The van der Waals surface area contributed by atoms with Crippen molar-refractivity contribution in [3.8, 4) is 5.75 Å². The highest BCUT2D eigenvalue weighted by atomic mass is 19.4. The zero-order valence-electron chi connectivity index (χ0n) is 8.63. The van der Waals surface area contributed by atoms with Crippen molar-refractivity contribution < 1.29 is 27.8 Å². The summed E-state index contributed by atoms with van der Waals surface area (Å²) in [7, 11) is 1.28. The van der Waals surface area contributed by atoms with Gasteiger partial charge in [-0.3, -0.25) is 4.79 Å². The molecule has 1 aliphatic heterocycles. The average Bonchev–Trinajstić information content (AvgIpc) is 2.51. The Hall–Kier alpha value is -1.76. The van der Waals surface area contributed by atoms with Crippen LogP contribution in [0.1, 0.15) is 5.56 Å². The lowest BCUT2D eigenvalue weighted by Crippen LogP contribution is -2.47. The molecule has 1 aliphatic rings. The van der Waals surface area contributed by atoms with E-state index in [-0.39, 0.29) is 11.4 Å². The van der Waals surface area contributed by atoms with Gasteiger partial charge in [0.1, 0.15) is 5.75 Å². The highest BCUT2D eigenvalue weighted by Crippen LogP contribution is 2.47. The molecule has 1 aromatic rings. The van der Waals surface area contributed by atoms with Gasteiger partial charge >= 0.3 is 6.18 Å². The average molecular weight is 247 g/mol. The Bertz CT molecular complexity index is 486. The Morgan fingerprint density at radius 3 is 2.59 bits per heavy atom. The van der Waals surface area contributed by atoms with Crippen LogP contribution in [0, 0.1) is 0 Å². The second kappa shape index (κ2) is 3.36. The lowest BCUT2D eigenvalue weighted by molar-refractivity contribution is -0.252. The van der Waals surface area contributed by atoms with E-state index in [0.717, 1.165) is 6.07 Å². The van der Waals surface area contributed by atoms with Gasteiger partial charge < -0.3 is 15.2 Å². The molecule has 92 valence electrons. The SMILES string of the molecule is COc1ccc2c(c1)[C@](O)(C(F)(F)F)C(=O)N2. The fourth-order valence-corrected chi connectivity index (χ4v) is 1.68. The maximum atomic E-state index is 12.8. The number of hydrogen-bond donors (Lipinski definition) is 2. The number of fused-ring (bicyclic) bond motifs is 1.